The summed E-state index contributed by atoms with van der Waals surface area (Å²) in [7, 11) is 3.76. The van der Waals surface area contributed by atoms with E-state index >= 15 is 0 Å². The lowest BCUT2D eigenvalue weighted by atomic mass is 10.1. The monoisotopic (exact) mass is 247 g/mol. The lowest BCUT2D eigenvalue weighted by Gasteiger charge is -2.15. The van der Waals surface area contributed by atoms with E-state index in [1.165, 1.54) is 0 Å². The highest BCUT2D eigenvalue weighted by molar-refractivity contribution is 5.92. The fourth-order valence-corrected chi connectivity index (χ4v) is 1.49. The normalized spacial score (nSPS) is 9.61. The molecule has 0 saturated heterocycles. The van der Waals surface area contributed by atoms with E-state index in [1.807, 2.05) is 25.1 Å². The molecule has 0 fully saturated rings. The number of nitriles is 1. The molecular formula is C13H17N3O2. The van der Waals surface area contributed by atoms with Crippen molar-refractivity contribution in [1.29, 1.82) is 5.26 Å². The van der Waals surface area contributed by atoms with Crippen LogP contribution in [0.2, 0.25) is 0 Å². The average Bonchev–Trinajstić information content (AvgIpc) is 2.33. The van der Waals surface area contributed by atoms with E-state index < -0.39 is 5.97 Å². The third-order valence-electron chi connectivity index (χ3n) is 2.41. The maximum atomic E-state index is 11.7. The fraction of sp³-hybridized carbons (Fsp3) is 0.385. The van der Waals surface area contributed by atoms with E-state index in [-0.39, 0.29) is 6.61 Å². The number of carbonyl (C=O) groups is 1. The van der Waals surface area contributed by atoms with Gasteiger partial charge in [-0.3, -0.25) is 0 Å². The number of nitrogens with zero attached hydrogens (tertiary/aromatic N) is 2. The van der Waals surface area contributed by atoms with Crippen LogP contribution in [-0.4, -0.2) is 26.7 Å². The Morgan fingerprint density at radius 1 is 1.50 bits per heavy atom. The van der Waals surface area contributed by atoms with E-state index in [0.717, 1.165) is 5.69 Å². The molecule has 0 aliphatic carbocycles. The number of nitrogen functional groups attached to an aromatic ring is 1. The summed E-state index contributed by atoms with van der Waals surface area (Å²) < 4.78 is 5.03. The zero-order valence-corrected chi connectivity index (χ0v) is 10.6. The van der Waals surface area contributed by atoms with Crippen LogP contribution in [0.1, 0.15) is 23.2 Å². The van der Waals surface area contributed by atoms with Gasteiger partial charge in [-0.05, 0) is 24.6 Å². The number of anilines is 2. The maximum Gasteiger partial charge on any atom is 0.338 e. The molecule has 0 saturated carbocycles. The molecule has 0 spiro atoms. The third kappa shape index (κ3) is 3.67. The first-order chi connectivity index (χ1) is 8.56. The first kappa shape index (κ1) is 13.8. The van der Waals surface area contributed by atoms with Crippen molar-refractivity contribution in [2.75, 3.05) is 31.3 Å². The molecule has 1 rings (SSSR count). The summed E-state index contributed by atoms with van der Waals surface area (Å²) in [5.41, 5.74) is 7.66. The quantitative estimate of drug-likeness (QED) is 0.487. The van der Waals surface area contributed by atoms with Gasteiger partial charge in [0.2, 0.25) is 0 Å². The van der Waals surface area contributed by atoms with Crippen LogP contribution in [0.4, 0.5) is 11.4 Å². The lowest BCUT2D eigenvalue weighted by Crippen LogP contribution is -2.12. The molecule has 0 bridgehead atoms. The maximum absolute atomic E-state index is 11.7. The predicted molar refractivity (Wildman–Crippen MR) is 70.3 cm³/mol. The zero-order valence-electron chi connectivity index (χ0n) is 10.6. The summed E-state index contributed by atoms with van der Waals surface area (Å²) in [5.74, 6) is -0.412. The van der Waals surface area contributed by atoms with E-state index in [1.54, 1.807) is 18.2 Å². The number of rotatable bonds is 5. The summed E-state index contributed by atoms with van der Waals surface area (Å²) in [6, 6.07) is 7.05. The van der Waals surface area contributed by atoms with Crippen molar-refractivity contribution in [3.63, 3.8) is 0 Å². The van der Waals surface area contributed by atoms with Gasteiger partial charge in [-0.25, -0.2) is 4.79 Å². The highest BCUT2D eigenvalue weighted by Gasteiger charge is 2.10. The van der Waals surface area contributed by atoms with E-state index in [2.05, 4.69) is 0 Å². The van der Waals surface area contributed by atoms with Crippen molar-refractivity contribution in [1.82, 2.24) is 0 Å². The first-order valence-corrected chi connectivity index (χ1v) is 5.67. The second-order valence-electron chi connectivity index (χ2n) is 4.07. The van der Waals surface area contributed by atoms with Gasteiger partial charge < -0.3 is 15.4 Å². The summed E-state index contributed by atoms with van der Waals surface area (Å²) >= 11 is 0. The molecule has 0 unspecified atom stereocenters. The molecule has 1 aromatic carbocycles. The Labute approximate surface area is 107 Å². The number of hydrogen-bond donors (Lipinski definition) is 1. The van der Waals surface area contributed by atoms with Crippen LogP contribution in [0.15, 0.2) is 18.2 Å². The molecule has 0 radical (unpaired) electrons. The molecule has 5 heteroatoms. The third-order valence-corrected chi connectivity index (χ3v) is 2.41. The molecule has 1 aromatic rings. The van der Waals surface area contributed by atoms with Crippen molar-refractivity contribution < 1.29 is 9.53 Å². The predicted octanol–water partition coefficient (Wildman–Crippen LogP) is 1.80. The van der Waals surface area contributed by atoms with E-state index in [4.69, 9.17) is 15.7 Å². The second kappa shape index (κ2) is 6.50. The number of hydrogen-bond acceptors (Lipinski definition) is 5. The Hall–Kier alpha value is -2.22. The molecule has 0 aliphatic heterocycles. The van der Waals surface area contributed by atoms with Crippen molar-refractivity contribution in [3.05, 3.63) is 23.8 Å². The molecule has 0 atom stereocenters. The fourth-order valence-electron chi connectivity index (χ4n) is 1.49. The number of benzene rings is 1. The topological polar surface area (TPSA) is 79.3 Å². The number of ether oxygens (including phenoxy) is 1. The smallest absolute Gasteiger partial charge is 0.338 e. The van der Waals surface area contributed by atoms with Crippen LogP contribution in [0.25, 0.3) is 0 Å². The summed E-state index contributed by atoms with van der Waals surface area (Å²) in [4.78, 5) is 13.5. The molecule has 0 heterocycles. The van der Waals surface area contributed by atoms with Crippen LogP contribution in [-0.2, 0) is 4.74 Å². The van der Waals surface area contributed by atoms with Crippen LogP contribution >= 0.6 is 0 Å². The van der Waals surface area contributed by atoms with Gasteiger partial charge in [-0.15, -0.1) is 0 Å². The van der Waals surface area contributed by atoms with Gasteiger partial charge in [0.25, 0.3) is 0 Å². The largest absolute Gasteiger partial charge is 0.462 e. The number of esters is 1. The van der Waals surface area contributed by atoms with E-state index in [9.17, 15) is 4.79 Å². The van der Waals surface area contributed by atoms with Gasteiger partial charge in [0.15, 0.2) is 0 Å². The van der Waals surface area contributed by atoms with Gasteiger partial charge in [0.1, 0.15) is 0 Å². The zero-order chi connectivity index (χ0) is 13.5. The molecule has 0 amide bonds. The standard InChI is InChI=1S/C13H17N3O2/c1-16(2)12-6-5-10(9-11(12)15)13(17)18-8-4-3-7-14/h5-6,9H,3-4,8,15H2,1-2H3. The highest BCUT2D eigenvalue weighted by atomic mass is 16.5. The minimum absolute atomic E-state index is 0.252. The Bertz CT molecular complexity index is 464. The summed E-state index contributed by atoms with van der Waals surface area (Å²) in [5, 5.41) is 8.36. The second-order valence-corrected chi connectivity index (χ2v) is 4.07. The van der Waals surface area contributed by atoms with Crippen molar-refractivity contribution in [3.8, 4) is 6.07 Å². The van der Waals surface area contributed by atoms with Crippen molar-refractivity contribution in [2.45, 2.75) is 12.8 Å². The molecule has 18 heavy (non-hydrogen) atoms. The van der Waals surface area contributed by atoms with Gasteiger partial charge in [-0.2, -0.15) is 5.26 Å². The number of carbonyl (C=O) groups excluding carboxylic acids is 1. The molecule has 5 nitrogen and oxygen atoms in total. The molecule has 96 valence electrons. The highest BCUT2D eigenvalue weighted by Crippen LogP contribution is 2.22. The SMILES string of the molecule is CN(C)c1ccc(C(=O)OCCCC#N)cc1N. The number of unbranched alkanes of at least 4 members (excludes halogenated alkanes) is 1. The van der Waals surface area contributed by atoms with Crippen molar-refractivity contribution >= 4 is 17.3 Å². The summed E-state index contributed by atoms with van der Waals surface area (Å²) in [6.07, 6.45) is 0.933. The Morgan fingerprint density at radius 2 is 2.22 bits per heavy atom. The molecule has 0 aliphatic rings. The number of nitrogens with two attached hydrogens (primary N) is 1. The van der Waals surface area contributed by atoms with Gasteiger partial charge >= 0.3 is 5.97 Å². The first-order valence-electron chi connectivity index (χ1n) is 5.67. The minimum Gasteiger partial charge on any atom is -0.462 e. The molecule has 2 N–H and O–H groups in total. The van der Waals surface area contributed by atoms with Gasteiger partial charge in [0, 0.05) is 20.5 Å². The average molecular weight is 247 g/mol. The Morgan fingerprint density at radius 3 is 2.78 bits per heavy atom. The van der Waals surface area contributed by atoms with Crippen LogP contribution in [0, 0.1) is 11.3 Å². The molecule has 0 aromatic heterocycles. The minimum atomic E-state index is -0.412. The Balaban J connectivity index is 2.64. The van der Waals surface area contributed by atoms with Crippen LogP contribution in [0.3, 0.4) is 0 Å². The lowest BCUT2D eigenvalue weighted by molar-refractivity contribution is 0.0502. The van der Waals surface area contributed by atoms with Crippen molar-refractivity contribution in [2.24, 2.45) is 0 Å². The van der Waals surface area contributed by atoms with Gasteiger partial charge in [0.05, 0.1) is 29.6 Å². The Kier molecular flexibility index (Phi) is 5.00. The van der Waals surface area contributed by atoms with Gasteiger partial charge in [-0.1, -0.05) is 0 Å². The van der Waals surface area contributed by atoms with Crippen LogP contribution < -0.4 is 10.6 Å². The summed E-state index contributed by atoms with van der Waals surface area (Å²) in [6.45, 7) is 0.252. The molecular weight excluding hydrogens is 230 g/mol. The van der Waals surface area contributed by atoms with Crippen LogP contribution in [0.5, 0.6) is 0 Å². The van der Waals surface area contributed by atoms with E-state index in [0.29, 0.717) is 24.1 Å².